The molecule has 0 unspecified atom stereocenters. The summed E-state index contributed by atoms with van der Waals surface area (Å²) < 4.78 is 2.46. The average molecular weight is 460 g/mol. The van der Waals surface area contributed by atoms with Gasteiger partial charge in [-0.1, -0.05) is 86.8 Å². The largest absolute Gasteiger partial charge is 0.340 e. The lowest BCUT2D eigenvalue weighted by Crippen LogP contribution is -1.97. The minimum atomic E-state index is 0.684. The first-order valence-electron chi connectivity index (χ1n) is 12.4. The average Bonchev–Trinajstić information content (AvgIpc) is 3.23. The maximum atomic E-state index is 11.1. The van der Waals surface area contributed by atoms with Crippen molar-refractivity contribution in [1.82, 2.24) is 4.57 Å². The molecular weight excluding hydrogens is 430 g/mol. The standard InChI is InChI=1S/C32H29NO2/c1-2-3-4-5-18-33-31-16-14-27(25-10-6-23(21-34)7-11-25)19-29(31)30-20-28(15-17-32(30)33)26-12-8-24(22-35)9-13-26/h6-17,19-22H,2-5,18H2,1H3. The molecule has 0 bridgehead atoms. The summed E-state index contributed by atoms with van der Waals surface area (Å²) in [4.78, 5) is 22.1. The van der Waals surface area contributed by atoms with Gasteiger partial charge in [-0.2, -0.15) is 0 Å². The van der Waals surface area contributed by atoms with Gasteiger partial charge in [0.05, 0.1) is 0 Å². The van der Waals surface area contributed by atoms with Crippen LogP contribution >= 0.6 is 0 Å². The number of carbonyl (C=O) groups excluding carboxylic acids is 2. The minimum absolute atomic E-state index is 0.684. The van der Waals surface area contributed by atoms with Gasteiger partial charge in [0, 0.05) is 39.5 Å². The van der Waals surface area contributed by atoms with E-state index < -0.39 is 0 Å². The van der Waals surface area contributed by atoms with Crippen LogP contribution in [0.4, 0.5) is 0 Å². The van der Waals surface area contributed by atoms with Gasteiger partial charge in [-0.15, -0.1) is 0 Å². The zero-order valence-corrected chi connectivity index (χ0v) is 20.0. The van der Waals surface area contributed by atoms with Crippen molar-refractivity contribution < 1.29 is 9.59 Å². The Bertz CT molecular complexity index is 1380. The van der Waals surface area contributed by atoms with E-state index >= 15 is 0 Å². The maximum absolute atomic E-state index is 11.1. The van der Waals surface area contributed by atoms with Crippen molar-refractivity contribution >= 4 is 34.4 Å². The van der Waals surface area contributed by atoms with Gasteiger partial charge < -0.3 is 4.57 Å². The SMILES string of the molecule is CCCCCCn1c2ccc(-c3ccc(C=O)cc3)cc2c2cc(-c3ccc(C=O)cc3)ccc21. The van der Waals surface area contributed by atoms with Crippen LogP contribution in [-0.4, -0.2) is 17.1 Å². The minimum Gasteiger partial charge on any atom is -0.340 e. The number of aldehydes is 2. The number of benzene rings is 4. The first kappa shape index (κ1) is 22.8. The van der Waals surface area contributed by atoms with Gasteiger partial charge in [-0.05, 0) is 52.9 Å². The first-order valence-corrected chi connectivity index (χ1v) is 12.4. The summed E-state index contributed by atoms with van der Waals surface area (Å²) in [5.74, 6) is 0. The molecule has 0 N–H and O–H groups in total. The fourth-order valence-electron chi connectivity index (χ4n) is 4.91. The van der Waals surface area contributed by atoms with Gasteiger partial charge in [0.25, 0.3) is 0 Å². The number of aryl methyl sites for hydroxylation is 1. The van der Waals surface area contributed by atoms with Crippen molar-refractivity contribution in [3.63, 3.8) is 0 Å². The fourth-order valence-corrected chi connectivity index (χ4v) is 4.91. The van der Waals surface area contributed by atoms with Crippen molar-refractivity contribution in [3.8, 4) is 22.3 Å². The molecule has 5 aromatic rings. The number of rotatable bonds is 9. The van der Waals surface area contributed by atoms with E-state index in [0.29, 0.717) is 11.1 Å². The summed E-state index contributed by atoms with van der Waals surface area (Å²) in [6, 6.07) is 28.9. The summed E-state index contributed by atoms with van der Waals surface area (Å²) in [5.41, 5.74) is 8.34. The molecule has 0 aliphatic carbocycles. The summed E-state index contributed by atoms with van der Waals surface area (Å²) in [6.07, 6.45) is 6.64. The molecule has 0 aliphatic rings. The van der Waals surface area contributed by atoms with Crippen molar-refractivity contribution in [1.29, 1.82) is 0 Å². The van der Waals surface area contributed by atoms with E-state index in [1.54, 1.807) is 0 Å². The van der Waals surface area contributed by atoms with Crippen LogP contribution in [0.15, 0.2) is 84.9 Å². The number of aromatic nitrogens is 1. The molecule has 1 heterocycles. The monoisotopic (exact) mass is 459 g/mol. The molecule has 174 valence electrons. The van der Waals surface area contributed by atoms with Gasteiger partial charge in [-0.3, -0.25) is 9.59 Å². The Hall–Kier alpha value is -3.98. The molecule has 1 aromatic heterocycles. The van der Waals surface area contributed by atoms with Crippen molar-refractivity contribution in [3.05, 3.63) is 96.1 Å². The zero-order valence-electron chi connectivity index (χ0n) is 20.0. The highest BCUT2D eigenvalue weighted by Crippen LogP contribution is 2.35. The third-order valence-corrected chi connectivity index (χ3v) is 6.86. The van der Waals surface area contributed by atoms with Gasteiger partial charge in [-0.25, -0.2) is 0 Å². The van der Waals surface area contributed by atoms with Crippen LogP contribution in [0.1, 0.15) is 53.3 Å². The van der Waals surface area contributed by atoms with E-state index in [1.165, 1.54) is 41.1 Å². The van der Waals surface area contributed by atoms with Crippen LogP contribution in [0, 0.1) is 0 Å². The van der Waals surface area contributed by atoms with Crippen LogP contribution in [0.5, 0.6) is 0 Å². The summed E-state index contributed by atoms with van der Waals surface area (Å²) in [6.45, 7) is 3.24. The summed E-state index contributed by atoms with van der Waals surface area (Å²) >= 11 is 0. The van der Waals surface area contributed by atoms with E-state index in [1.807, 2.05) is 48.5 Å². The number of fused-ring (bicyclic) bond motifs is 3. The van der Waals surface area contributed by atoms with Gasteiger partial charge in [0.2, 0.25) is 0 Å². The van der Waals surface area contributed by atoms with Crippen LogP contribution in [0.3, 0.4) is 0 Å². The second kappa shape index (κ2) is 10.1. The third-order valence-electron chi connectivity index (χ3n) is 6.86. The molecule has 35 heavy (non-hydrogen) atoms. The molecule has 4 aromatic carbocycles. The smallest absolute Gasteiger partial charge is 0.150 e. The molecule has 5 rings (SSSR count). The lowest BCUT2D eigenvalue weighted by molar-refractivity contribution is 0.111. The van der Waals surface area contributed by atoms with E-state index in [0.717, 1.165) is 47.8 Å². The van der Waals surface area contributed by atoms with Crippen molar-refractivity contribution in [2.75, 3.05) is 0 Å². The molecule has 0 atom stereocenters. The molecule has 0 saturated carbocycles. The second-order valence-electron chi connectivity index (χ2n) is 9.16. The van der Waals surface area contributed by atoms with Gasteiger partial charge in [0.15, 0.2) is 0 Å². The molecule has 0 fully saturated rings. The van der Waals surface area contributed by atoms with Crippen LogP contribution in [0.2, 0.25) is 0 Å². The quantitative estimate of drug-likeness (QED) is 0.164. The van der Waals surface area contributed by atoms with E-state index in [4.69, 9.17) is 0 Å². The Labute approximate surface area is 206 Å². The molecule has 0 amide bonds. The summed E-state index contributed by atoms with van der Waals surface area (Å²) in [5, 5.41) is 2.47. The van der Waals surface area contributed by atoms with Gasteiger partial charge in [0.1, 0.15) is 12.6 Å². The number of hydrogen-bond acceptors (Lipinski definition) is 2. The maximum Gasteiger partial charge on any atom is 0.150 e. The predicted octanol–water partition coefficient (Wildman–Crippen LogP) is 8.33. The molecule has 3 nitrogen and oxygen atoms in total. The molecule has 3 heteroatoms. The normalized spacial score (nSPS) is 11.2. The third kappa shape index (κ3) is 4.54. The highest BCUT2D eigenvalue weighted by atomic mass is 16.1. The zero-order chi connectivity index (χ0) is 24.2. The molecule has 0 radical (unpaired) electrons. The highest BCUT2D eigenvalue weighted by Gasteiger charge is 2.13. The first-order chi connectivity index (χ1) is 17.2. The Balaban J connectivity index is 1.64. The number of hydrogen-bond donors (Lipinski definition) is 0. The van der Waals surface area contributed by atoms with Crippen molar-refractivity contribution in [2.45, 2.75) is 39.2 Å². The number of carbonyl (C=O) groups is 2. The van der Waals surface area contributed by atoms with Crippen LogP contribution < -0.4 is 0 Å². The lowest BCUT2D eigenvalue weighted by atomic mass is 9.99. The summed E-state index contributed by atoms with van der Waals surface area (Å²) in [7, 11) is 0. The number of unbranched alkanes of at least 4 members (excludes halogenated alkanes) is 3. The van der Waals surface area contributed by atoms with E-state index in [-0.39, 0.29) is 0 Å². The lowest BCUT2D eigenvalue weighted by Gasteiger charge is -2.08. The Kier molecular flexibility index (Phi) is 6.58. The van der Waals surface area contributed by atoms with E-state index in [2.05, 4.69) is 47.9 Å². The highest BCUT2D eigenvalue weighted by molar-refractivity contribution is 6.10. The predicted molar refractivity (Wildman–Crippen MR) is 145 cm³/mol. The van der Waals surface area contributed by atoms with Crippen LogP contribution in [-0.2, 0) is 6.54 Å². The molecule has 0 aliphatic heterocycles. The number of nitrogens with zero attached hydrogens (tertiary/aromatic N) is 1. The van der Waals surface area contributed by atoms with Crippen molar-refractivity contribution in [2.24, 2.45) is 0 Å². The Morgan fingerprint density at radius 3 is 1.46 bits per heavy atom. The van der Waals surface area contributed by atoms with E-state index in [9.17, 15) is 9.59 Å². The molecular formula is C32H29NO2. The topological polar surface area (TPSA) is 39.1 Å². The Morgan fingerprint density at radius 1 is 0.571 bits per heavy atom. The van der Waals surface area contributed by atoms with Gasteiger partial charge >= 0.3 is 0 Å². The van der Waals surface area contributed by atoms with Crippen LogP contribution in [0.25, 0.3) is 44.1 Å². The second-order valence-corrected chi connectivity index (χ2v) is 9.16. The Morgan fingerprint density at radius 2 is 1.03 bits per heavy atom. The molecule has 0 saturated heterocycles. The fraction of sp³-hybridized carbons (Fsp3) is 0.188. The molecule has 0 spiro atoms.